The third-order valence-corrected chi connectivity index (χ3v) is 7.65. The number of hydrogen-bond acceptors (Lipinski definition) is 9. The molecule has 5 rings (SSSR count). The van der Waals surface area contributed by atoms with Gasteiger partial charge in [-0.2, -0.15) is 18.3 Å². The van der Waals surface area contributed by atoms with Crippen LogP contribution >= 0.6 is 23.2 Å². The zero-order valence-electron chi connectivity index (χ0n) is 24.0. The van der Waals surface area contributed by atoms with Gasteiger partial charge in [-0.25, -0.2) is 19.9 Å². The maximum atomic E-state index is 14.4. The number of aliphatic hydroxyl groups is 1. The maximum absolute atomic E-state index is 14.4. The Morgan fingerprint density at radius 3 is 2.45 bits per heavy atom. The Bertz CT molecular complexity index is 1520. The van der Waals surface area contributed by atoms with Crippen molar-refractivity contribution in [3.05, 3.63) is 75.3 Å². The van der Waals surface area contributed by atoms with Crippen LogP contribution in [-0.4, -0.2) is 63.0 Å². The average Bonchev–Trinajstić information content (AvgIpc) is 3.34. The number of aromatic nitrogens is 3. The number of halogens is 5. The molecule has 0 saturated carbocycles. The summed E-state index contributed by atoms with van der Waals surface area (Å²) in [5.74, 6) is -0.118. The van der Waals surface area contributed by atoms with E-state index in [2.05, 4.69) is 20.9 Å². The van der Waals surface area contributed by atoms with Crippen LogP contribution < -0.4 is 10.9 Å². The minimum Gasteiger partial charge on any atom is -0.443 e. The molecule has 3 heterocycles. The summed E-state index contributed by atoms with van der Waals surface area (Å²) in [7, 11) is 0. The number of hydrazine groups is 1. The summed E-state index contributed by atoms with van der Waals surface area (Å²) in [5, 5.41) is 15.1. The first-order valence-electron chi connectivity index (χ1n) is 13.5. The van der Waals surface area contributed by atoms with Gasteiger partial charge in [-0.05, 0) is 39.8 Å². The van der Waals surface area contributed by atoms with E-state index < -0.39 is 59.3 Å². The average molecular weight is 660 g/mol. The van der Waals surface area contributed by atoms with Gasteiger partial charge in [0, 0.05) is 5.56 Å². The number of nitrogens with one attached hydrogen (secondary N) is 2. The van der Waals surface area contributed by atoms with E-state index >= 15 is 0 Å². The van der Waals surface area contributed by atoms with Crippen molar-refractivity contribution in [3.8, 4) is 5.69 Å². The van der Waals surface area contributed by atoms with Crippen molar-refractivity contribution in [2.75, 3.05) is 13.2 Å². The molecule has 3 aromatic rings. The highest BCUT2D eigenvalue weighted by atomic mass is 35.5. The molecule has 1 unspecified atom stereocenters. The minimum atomic E-state index is -4.88. The lowest BCUT2D eigenvalue weighted by Gasteiger charge is -2.53. The fourth-order valence-corrected chi connectivity index (χ4v) is 5.48. The van der Waals surface area contributed by atoms with Gasteiger partial charge < -0.3 is 24.1 Å². The summed E-state index contributed by atoms with van der Waals surface area (Å²) >= 11 is 12.2. The number of carbonyl (C=O) groups excluding carboxylic acids is 1. The number of benzene rings is 2. The molecule has 0 bridgehead atoms. The number of hydrogen-bond donors (Lipinski definition) is 3. The first kappa shape index (κ1) is 32.4. The largest absolute Gasteiger partial charge is 0.443 e. The van der Waals surface area contributed by atoms with Crippen LogP contribution in [0.1, 0.15) is 49.8 Å². The van der Waals surface area contributed by atoms with Crippen molar-refractivity contribution in [2.24, 2.45) is 0 Å². The van der Waals surface area contributed by atoms with E-state index in [0.29, 0.717) is 11.6 Å². The smallest absolute Gasteiger partial charge is 0.422 e. The molecule has 0 spiro atoms. The molecule has 2 fully saturated rings. The third-order valence-electron chi connectivity index (χ3n) is 6.93. The number of aliphatic hydroxyl groups excluding tert-OH is 1. The van der Waals surface area contributed by atoms with Gasteiger partial charge in [0.2, 0.25) is 0 Å². The molecule has 2 aromatic carbocycles. The van der Waals surface area contributed by atoms with Crippen LogP contribution in [0.3, 0.4) is 0 Å². The molecule has 2 aliphatic rings. The van der Waals surface area contributed by atoms with E-state index in [1.54, 1.807) is 51.1 Å². The van der Waals surface area contributed by atoms with Crippen molar-refractivity contribution < 1.29 is 42.0 Å². The maximum Gasteiger partial charge on any atom is 0.422 e. The Hall–Kier alpha value is -2.98. The highest BCUT2D eigenvalue weighted by Gasteiger charge is 2.62. The Morgan fingerprint density at radius 2 is 1.80 bits per heavy atom. The lowest BCUT2D eigenvalue weighted by molar-refractivity contribution is -0.351. The van der Waals surface area contributed by atoms with Gasteiger partial charge in [0.1, 0.15) is 17.5 Å². The summed E-state index contributed by atoms with van der Waals surface area (Å²) in [6, 6.07) is 9.20. The lowest BCUT2D eigenvalue weighted by atomic mass is 9.80. The molecule has 1 aromatic heterocycles. The quantitative estimate of drug-likeness (QED) is 0.324. The van der Waals surface area contributed by atoms with Gasteiger partial charge in [0.25, 0.3) is 0 Å². The van der Waals surface area contributed by atoms with Crippen molar-refractivity contribution in [2.45, 2.75) is 69.6 Å². The molecule has 11 nitrogen and oxygen atoms in total. The molecule has 0 radical (unpaired) electrons. The molecule has 2 aliphatic heterocycles. The Labute approximate surface area is 260 Å². The summed E-state index contributed by atoms with van der Waals surface area (Å²) in [4.78, 5) is 17.2. The van der Waals surface area contributed by atoms with Crippen LogP contribution in [-0.2, 0) is 30.7 Å². The van der Waals surface area contributed by atoms with Crippen LogP contribution in [0.2, 0.25) is 10.0 Å². The second-order valence-corrected chi connectivity index (χ2v) is 12.1. The Kier molecular flexibility index (Phi) is 8.90. The van der Waals surface area contributed by atoms with Gasteiger partial charge >= 0.3 is 12.3 Å². The van der Waals surface area contributed by atoms with Crippen LogP contribution in [0, 0.1) is 6.92 Å². The molecule has 0 aliphatic carbocycles. The van der Waals surface area contributed by atoms with Crippen molar-refractivity contribution in [1.82, 2.24) is 25.6 Å². The van der Waals surface area contributed by atoms with Crippen LogP contribution in [0.15, 0.2) is 42.5 Å². The normalized spacial score (nSPS) is 25.8. The van der Waals surface area contributed by atoms with Crippen LogP contribution in [0.25, 0.3) is 5.69 Å². The third kappa shape index (κ3) is 6.38. The molecular weight excluding hydrogens is 630 g/mol. The van der Waals surface area contributed by atoms with E-state index in [-0.39, 0.29) is 34.9 Å². The minimum absolute atomic E-state index is 0.0672. The van der Waals surface area contributed by atoms with E-state index in [9.17, 15) is 23.1 Å². The SMILES string of the molecule is Cc1nc([C@@]23OC(c4ccccc4)OC[C@H]2OC[C@H](O)[C@H]3NNC(=O)OC(C)(C)C)n(-c2cc(Cl)c(Cl)cc2C(F)(F)F)n1. The number of rotatable bonds is 5. The summed E-state index contributed by atoms with van der Waals surface area (Å²) in [5.41, 5.74) is 1.34. The number of carbonyl (C=O) groups is 1. The first-order chi connectivity index (χ1) is 20.6. The highest BCUT2D eigenvalue weighted by molar-refractivity contribution is 6.42. The van der Waals surface area contributed by atoms with Crippen LogP contribution in [0.4, 0.5) is 18.0 Å². The molecule has 5 atom stereocenters. The van der Waals surface area contributed by atoms with Gasteiger partial charge in [-0.15, -0.1) is 0 Å². The Balaban J connectivity index is 1.71. The molecule has 2 saturated heterocycles. The number of fused-ring (bicyclic) bond motifs is 1. The van der Waals surface area contributed by atoms with Gasteiger partial charge in [0.15, 0.2) is 17.7 Å². The monoisotopic (exact) mass is 659 g/mol. The van der Waals surface area contributed by atoms with Gasteiger partial charge in [-0.1, -0.05) is 53.5 Å². The van der Waals surface area contributed by atoms with Crippen molar-refractivity contribution >= 4 is 29.3 Å². The number of nitrogens with zero attached hydrogens (tertiary/aromatic N) is 3. The molecule has 44 heavy (non-hydrogen) atoms. The highest BCUT2D eigenvalue weighted by Crippen LogP contribution is 2.48. The number of alkyl halides is 3. The summed E-state index contributed by atoms with van der Waals surface area (Å²) < 4.78 is 67.9. The number of amides is 1. The molecule has 16 heteroatoms. The van der Waals surface area contributed by atoms with Crippen LogP contribution in [0.5, 0.6) is 0 Å². The van der Waals surface area contributed by atoms with Crippen molar-refractivity contribution in [1.29, 1.82) is 0 Å². The molecule has 238 valence electrons. The molecule has 3 N–H and O–H groups in total. The van der Waals surface area contributed by atoms with E-state index in [1.165, 1.54) is 6.92 Å². The van der Waals surface area contributed by atoms with E-state index in [4.69, 9.17) is 42.1 Å². The fourth-order valence-electron chi connectivity index (χ4n) is 5.16. The number of ether oxygens (including phenoxy) is 4. The second kappa shape index (κ2) is 12.1. The Morgan fingerprint density at radius 1 is 1.11 bits per heavy atom. The molecule has 1 amide bonds. The second-order valence-electron chi connectivity index (χ2n) is 11.3. The predicted octanol–water partition coefficient (Wildman–Crippen LogP) is 5.00. The van der Waals surface area contributed by atoms with Crippen molar-refractivity contribution in [3.63, 3.8) is 0 Å². The zero-order valence-corrected chi connectivity index (χ0v) is 25.5. The van der Waals surface area contributed by atoms with Gasteiger partial charge in [-0.3, -0.25) is 5.43 Å². The molecular formula is C28H30Cl2F3N5O6. The van der Waals surface area contributed by atoms with E-state index in [0.717, 1.165) is 10.7 Å². The fraction of sp³-hybridized carbons (Fsp3) is 0.464. The van der Waals surface area contributed by atoms with E-state index in [1.807, 2.05) is 0 Å². The predicted molar refractivity (Wildman–Crippen MR) is 151 cm³/mol. The summed E-state index contributed by atoms with van der Waals surface area (Å²) in [6.07, 6.45) is -9.27. The lowest BCUT2D eigenvalue weighted by Crippen LogP contribution is -2.72. The standard InChI is InChI=1S/C28H30Cl2F3N5O6/c1-14-34-24(38(37-14)19-11-18(30)17(29)10-16(19)28(31,32)33)27-21(13-42-23(43-27)15-8-6-5-7-9-15)41-12-20(39)22(27)35-36-25(40)44-26(2,3)4/h5-11,20-23,35,39H,12-13H2,1-4H3,(H,36,40)/t20-,21+,22+,23?,27+/m0/s1. The zero-order chi connectivity index (χ0) is 32.0. The first-order valence-corrected chi connectivity index (χ1v) is 14.2. The topological polar surface area (TPSA) is 129 Å². The number of aryl methyl sites for hydroxylation is 1. The van der Waals surface area contributed by atoms with Gasteiger partial charge in [0.05, 0.1) is 46.7 Å². The summed E-state index contributed by atoms with van der Waals surface area (Å²) in [6.45, 7) is 6.11.